The predicted molar refractivity (Wildman–Crippen MR) is 101 cm³/mol. The number of hydrogen-bond acceptors (Lipinski definition) is 4. The van der Waals surface area contributed by atoms with Crippen LogP contribution in [0.3, 0.4) is 0 Å². The first-order valence-electron chi connectivity index (χ1n) is 8.51. The summed E-state index contributed by atoms with van der Waals surface area (Å²) >= 11 is 6.22. The van der Waals surface area contributed by atoms with Crippen LogP contribution in [0, 0.1) is 0 Å². The second-order valence-corrected chi connectivity index (χ2v) is 6.43. The van der Waals surface area contributed by atoms with Crippen molar-refractivity contribution in [3.8, 4) is 11.5 Å². The van der Waals surface area contributed by atoms with Crippen LogP contribution in [0.5, 0.6) is 11.5 Å². The monoisotopic (exact) mass is 389 g/mol. The fraction of sp³-hybridized carbons (Fsp3) is 0.263. The number of amides is 3. The van der Waals surface area contributed by atoms with Gasteiger partial charge in [-0.1, -0.05) is 23.7 Å². The minimum atomic E-state index is -0.587. The molecule has 0 aromatic heterocycles. The summed E-state index contributed by atoms with van der Waals surface area (Å²) in [4.78, 5) is 22.9. The maximum absolute atomic E-state index is 12.2. The van der Waals surface area contributed by atoms with Gasteiger partial charge in [0.15, 0.2) is 11.5 Å². The number of urea groups is 1. The lowest BCUT2D eigenvalue weighted by Crippen LogP contribution is -2.28. The molecule has 2 aromatic rings. The fourth-order valence-corrected chi connectivity index (χ4v) is 2.98. The largest absolute Gasteiger partial charge is 0.486 e. The maximum Gasteiger partial charge on any atom is 0.312 e. The SMILES string of the molecule is NC(=O)NCc1ccc(C(=O)NCCc2cc(Cl)c3c(c2)OCCO3)cc1. The number of ether oxygens (including phenoxy) is 2. The first-order chi connectivity index (χ1) is 13.0. The molecule has 0 saturated heterocycles. The Hall–Kier alpha value is -2.93. The molecule has 2 aromatic carbocycles. The van der Waals surface area contributed by atoms with Gasteiger partial charge < -0.3 is 25.8 Å². The number of nitrogens with two attached hydrogens (primary N) is 1. The highest BCUT2D eigenvalue weighted by molar-refractivity contribution is 6.32. The van der Waals surface area contributed by atoms with Crippen molar-refractivity contribution in [1.82, 2.24) is 10.6 Å². The number of hydrogen-bond donors (Lipinski definition) is 3. The highest BCUT2D eigenvalue weighted by Crippen LogP contribution is 2.38. The Morgan fingerprint density at radius 2 is 1.78 bits per heavy atom. The number of carbonyl (C=O) groups excluding carboxylic acids is 2. The number of primary amides is 1. The van der Waals surface area contributed by atoms with Crippen molar-refractivity contribution in [2.45, 2.75) is 13.0 Å². The number of rotatable bonds is 6. The molecule has 0 atom stereocenters. The van der Waals surface area contributed by atoms with E-state index in [0.717, 1.165) is 11.1 Å². The Kier molecular flexibility index (Phi) is 6.03. The molecule has 3 rings (SSSR count). The molecule has 142 valence electrons. The molecule has 27 heavy (non-hydrogen) atoms. The highest BCUT2D eigenvalue weighted by Gasteiger charge is 2.16. The Bertz CT molecular complexity index is 840. The quantitative estimate of drug-likeness (QED) is 0.705. The van der Waals surface area contributed by atoms with Gasteiger partial charge in [0.05, 0.1) is 5.02 Å². The molecule has 3 amide bonds. The minimum Gasteiger partial charge on any atom is -0.486 e. The van der Waals surface area contributed by atoms with Gasteiger partial charge in [-0.2, -0.15) is 0 Å². The van der Waals surface area contributed by atoms with Crippen LogP contribution < -0.4 is 25.8 Å². The van der Waals surface area contributed by atoms with Gasteiger partial charge in [0.2, 0.25) is 0 Å². The molecule has 0 unspecified atom stereocenters. The standard InChI is InChI=1S/C19H20ClN3O4/c20-15-9-13(10-16-17(15)27-8-7-26-16)5-6-22-18(24)14-3-1-12(2-4-14)11-23-19(21)25/h1-4,9-10H,5-8,11H2,(H,22,24)(H3,21,23,25). The number of nitrogens with one attached hydrogen (secondary N) is 2. The van der Waals surface area contributed by atoms with E-state index in [1.807, 2.05) is 12.1 Å². The third kappa shape index (κ3) is 5.04. The van der Waals surface area contributed by atoms with Crippen LogP contribution in [0.25, 0.3) is 0 Å². The van der Waals surface area contributed by atoms with Crippen LogP contribution in [-0.2, 0) is 13.0 Å². The second kappa shape index (κ2) is 8.64. The molecular formula is C19H20ClN3O4. The lowest BCUT2D eigenvalue weighted by Gasteiger charge is -2.20. The number of benzene rings is 2. The van der Waals surface area contributed by atoms with E-state index in [9.17, 15) is 9.59 Å². The van der Waals surface area contributed by atoms with Gasteiger partial charge in [-0.3, -0.25) is 4.79 Å². The molecule has 0 radical (unpaired) electrons. The van der Waals surface area contributed by atoms with E-state index >= 15 is 0 Å². The van der Waals surface area contributed by atoms with Gasteiger partial charge in [0.25, 0.3) is 5.91 Å². The topological polar surface area (TPSA) is 103 Å². The summed E-state index contributed by atoms with van der Waals surface area (Å²) in [5, 5.41) is 5.88. The van der Waals surface area contributed by atoms with E-state index in [2.05, 4.69) is 10.6 Å². The number of carbonyl (C=O) groups is 2. The van der Waals surface area contributed by atoms with Crippen LogP contribution in [0.4, 0.5) is 4.79 Å². The minimum absolute atomic E-state index is 0.173. The van der Waals surface area contributed by atoms with Crippen LogP contribution >= 0.6 is 11.6 Å². The molecule has 0 aliphatic carbocycles. The van der Waals surface area contributed by atoms with E-state index in [-0.39, 0.29) is 5.91 Å². The Labute approximate surface area is 161 Å². The summed E-state index contributed by atoms with van der Waals surface area (Å²) in [7, 11) is 0. The van der Waals surface area contributed by atoms with E-state index in [1.165, 1.54) is 0 Å². The van der Waals surface area contributed by atoms with Gasteiger partial charge in [0.1, 0.15) is 13.2 Å². The molecule has 8 heteroatoms. The average molecular weight is 390 g/mol. The Morgan fingerprint density at radius 1 is 1.04 bits per heavy atom. The van der Waals surface area contributed by atoms with Gasteiger partial charge in [-0.25, -0.2) is 4.79 Å². The summed E-state index contributed by atoms with van der Waals surface area (Å²) in [6.07, 6.45) is 0.614. The lowest BCUT2D eigenvalue weighted by molar-refractivity contribution is 0.0954. The fourth-order valence-electron chi connectivity index (χ4n) is 2.69. The zero-order valence-corrected chi connectivity index (χ0v) is 15.3. The first-order valence-corrected chi connectivity index (χ1v) is 8.89. The molecule has 4 N–H and O–H groups in total. The predicted octanol–water partition coefficient (Wildman–Crippen LogP) is 2.25. The van der Waals surface area contributed by atoms with Gasteiger partial charge >= 0.3 is 6.03 Å². The van der Waals surface area contributed by atoms with E-state index in [1.54, 1.807) is 24.3 Å². The van der Waals surface area contributed by atoms with Crippen molar-refractivity contribution in [3.05, 3.63) is 58.1 Å². The zero-order chi connectivity index (χ0) is 19.2. The summed E-state index contributed by atoms with van der Waals surface area (Å²) in [5.41, 5.74) is 7.38. The highest BCUT2D eigenvalue weighted by atomic mass is 35.5. The molecule has 0 fully saturated rings. The van der Waals surface area contributed by atoms with Gasteiger partial charge in [-0.05, 0) is 41.8 Å². The van der Waals surface area contributed by atoms with Crippen LogP contribution in [0.2, 0.25) is 5.02 Å². The number of halogens is 1. The Morgan fingerprint density at radius 3 is 2.52 bits per heavy atom. The molecule has 1 aliphatic heterocycles. The van der Waals surface area contributed by atoms with Gasteiger partial charge in [0, 0.05) is 18.7 Å². The maximum atomic E-state index is 12.2. The van der Waals surface area contributed by atoms with Crippen LogP contribution in [0.15, 0.2) is 36.4 Å². The number of fused-ring (bicyclic) bond motifs is 1. The van der Waals surface area contributed by atoms with Crippen molar-refractivity contribution in [2.75, 3.05) is 19.8 Å². The lowest BCUT2D eigenvalue weighted by atomic mass is 10.1. The molecule has 1 aliphatic rings. The Balaban J connectivity index is 1.52. The normalized spacial score (nSPS) is 12.3. The van der Waals surface area contributed by atoms with Crippen molar-refractivity contribution < 1.29 is 19.1 Å². The van der Waals surface area contributed by atoms with Crippen LogP contribution in [-0.4, -0.2) is 31.7 Å². The molecule has 0 bridgehead atoms. The molecular weight excluding hydrogens is 370 g/mol. The molecule has 7 nitrogen and oxygen atoms in total. The van der Waals surface area contributed by atoms with E-state index < -0.39 is 6.03 Å². The zero-order valence-electron chi connectivity index (χ0n) is 14.6. The summed E-state index contributed by atoms with van der Waals surface area (Å²) in [6.45, 7) is 1.76. The third-order valence-corrected chi connectivity index (χ3v) is 4.32. The van der Waals surface area contributed by atoms with Crippen LogP contribution in [0.1, 0.15) is 21.5 Å². The van der Waals surface area contributed by atoms with E-state index in [4.69, 9.17) is 26.8 Å². The first kappa shape index (κ1) is 18.8. The van der Waals surface area contributed by atoms with Crippen molar-refractivity contribution in [3.63, 3.8) is 0 Å². The van der Waals surface area contributed by atoms with Gasteiger partial charge in [-0.15, -0.1) is 0 Å². The summed E-state index contributed by atoms with van der Waals surface area (Å²) in [5.74, 6) is 1.03. The van der Waals surface area contributed by atoms with Crippen molar-refractivity contribution >= 4 is 23.5 Å². The molecule has 1 heterocycles. The average Bonchev–Trinajstić information content (AvgIpc) is 2.67. The summed E-state index contributed by atoms with van der Waals surface area (Å²) < 4.78 is 11.0. The molecule has 0 spiro atoms. The second-order valence-electron chi connectivity index (χ2n) is 6.02. The smallest absolute Gasteiger partial charge is 0.312 e. The third-order valence-electron chi connectivity index (χ3n) is 4.04. The van der Waals surface area contributed by atoms with E-state index in [0.29, 0.717) is 54.8 Å². The molecule has 0 saturated carbocycles. The summed E-state index contributed by atoms with van der Waals surface area (Å²) in [6, 6.07) is 10.1. The van der Waals surface area contributed by atoms with Crippen molar-refractivity contribution in [1.29, 1.82) is 0 Å². The van der Waals surface area contributed by atoms with Crippen molar-refractivity contribution in [2.24, 2.45) is 5.73 Å².